The van der Waals surface area contributed by atoms with Crippen molar-refractivity contribution < 1.29 is 9.53 Å². The van der Waals surface area contributed by atoms with Crippen LogP contribution in [0.1, 0.15) is 157 Å². The molecule has 2 aromatic carbocycles. The highest BCUT2D eigenvalue weighted by Crippen LogP contribution is 2.33. The third kappa shape index (κ3) is 18.4. The van der Waals surface area contributed by atoms with Gasteiger partial charge >= 0.3 is 5.97 Å². The number of hydrogen-bond acceptors (Lipinski definition) is 2. The van der Waals surface area contributed by atoms with Crippen molar-refractivity contribution in [3.63, 3.8) is 0 Å². The summed E-state index contributed by atoms with van der Waals surface area (Å²) in [5.74, 6) is 0.489. The van der Waals surface area contributed by atoms with Gasteiger partial charge in [-0.15, -0.1) is 0 Å². The first kappa shape index (κ1) is 43.5. The Labute approximate surface area is 313 Å². The summed E-state index contributed by atoms with van der Waals surface area (Å²) in [4.78, 5) is 12.3. The van der Waals surface area contributed by atoms with Gasteiger partial charge in [0.05, 0.1) is 0 Å². The molecule has 0 aliphatic heterocycles. The third-order valence-corrected chi connectivity index (χ3v) is 9.63. The molecule has 2 nitrogen and oxygen atoms in total. The van der Waals surface area contributed by atoms with Gasteiger partial charge < -0.3 is 4.74 Å². The van der Waals surface area contributed by atoms with Crippen LogP contribution in [0.2, 0.25) is 0 Å². The van der Waals surface area contributed by atoms with Crippen molar-refractivity contribution in [2.24, 2.45) is 0 Å². The monoisotopic (exact) mass is 690 g/mol. The third-order valence-electron chi connectivity index (χ3n) is 9.63. The maximum atomic E-state index is 12.3. The highest BCUT2D eigenvalue weighted by atomic mass is 16.5. The van der Waals surface area contributed by atoms with Crippen molar-refractivity contribution in [2.75, 3.05) is 0 Å². The zero-order valence-electron chi connectivity index (χ0n) is 34.1. The van der Waals surface area contributed by atoms with Crippen LogP contribution < -0.4 is 4.74 Å². The molecule has 0 aliphatic carbocycles. The number of hydrogen-bond donors (Lipinski definition) is 0. The van der Waals surface area contributed by atoms with Crippen LogP contribution in [-0.2, 0) is 11.2 Å². The fraction of sp³-hybridized carbons (Fsp3) is 0.490. The van der Waals surface area contributed by atoms with Gasteiger partial charge in [-0.3, -0.25) is 4.79 Å². The molecule has 0 saturated carbocycles. The highest BCUT2D eigenvalue weighted by Gasteiger charge is 2.15. The summed E-state index contributed by atoms with van der Waals surface area (Å²) in [7, 11) is 0. The Balaban J connectivity index is 1.73. The molecule has 0 saturated heterocycles. The average molecular weight is 690 g/mol. The maximum absolute atomic E-state index is 12.3. The van der Waals surface area contributed by atoms with E-state index in [4.69, 9.17) is 4.74 Å². The number of aryl methyl sites for hydroxylation is 1. The lowest BCUT2D eigenvalue weighted by Crippen LogP contribution is -2.09. The first-order valence-corrected chi connectivity index (χ1v) is 19.6. The number of ether oxygens (including phenoxy) is 1. The van der Waals surface area contributed by atoms with Gasteiger partial charge in [0.2, 0.25) is 0 Å². The molecule has 0 amide bonds. The van der Waals surface area contributed by atoms with E-state index in [9.17, 15) is 4.79 Å². The minimum absolute atomic E-state index is 0.203. The first-order chi connectivity index (χ1) is 24.4. The fourth-order valence-electron chi connectivity index (χ4n) is 6.16. The second-order valence-corrected chi connectivity index (χ2v) is 15.0. The number of carbonyl (C=O) groups excluding carboxylic acids is 1. The molecule has 2 aromatic rings. The second kappa shape index (κ2) is 24.5. The molecule has 2 heteroatoms. The van der Waals surface area contributed by atoms with Crippen LogP contribution in [-0.4, -0.2) is 5.97 Å². The van der Waals surface area contributed by atoms with E-state index in [2.05, 4.69) is 111 Å². The topological polar surface area (TPSA) is 26.3 Å². The number of fused-ring (bicyclic) bond motifs is 1. The minimum Gasteiger partial charge on any atom is -0.426 e. The van der Waals surface area contributed by atoms with Gasteiger partial charge in [-0.05, 0) is 163 Å². The Bertz CT molecular complexity index is 1610. The Kier molecular flexibility index (Phi) is 20.9. The molecule has 2 rings (SSSR count). The van der Waals surface area contributed by atoms with Crippen molar-refractivity contribution in [1.82, 2.24) is 0 Å². The molecule has 0 atom stereocenters. The lowest BCUT2D eigenvalue weighted by Gasteiger charge is -2.15. The number of esters is 1. The maximum Gasteiger partial charge on any atom is 0.310 e. The average Bonchev–Trinajstić information content (AvgIpc) is 3.07. The van der Waals surface area contributed by atoms with E-state index in [-0.39, 0.29) is 5.97 Å². The van der Waals surface area contributed by atoms with Crippen molar-refractivity contribution in [2.45, 2.75) is 159 Å². The standard InChI is InChI=1S/C49H69O2/c1-11-48(50)51-49-46(44(10)36-45-32-12-13-33-47(45)49)35-34-43(9)31-19-30-42(8)29-18-28-41(7)27-17-26-40(6)25-16-24-39(5)23-15-22-38(4)21-14-20-37(2)3/h12-13,20,22,24,26,28,30,32-34H,11,14-19,21,23,25,27,29,31,35H2,1-10H3/b38-22+,39-24+,40-26+,41-28+,42-30+,43-34+. The Hall–Kier alpha value is -3.65. The quantitative estimate of drug-likeness (QED) is 0.0699. The molecule has 0 fully saturated rings. The number of carbonyl (C=O) groups is 1. The van der Waals surface area contributed by atoms with Gasteiger partial charge in [0.15, 0.2) is 0 Å². The van der Waals surface area contributed by atoms with E-state index >= 15 is 0 Å². The van der Waals surface area contributed by atoms with E-state index in [0.29, 0.717) is 12.2 Å². The zero-order chi connectivity index (χ0) is 37.6. The summed E-state index contributed by atoms with van der Waals surface area (Å²) in [6.45, 7) is 21.8. The van der Waals surface area contributed by atoms with Gasteiger partial charge in [0.25, 0.3) is 0 Å². The summed E-state index contributed by atoms with van der Waals surface area (Å²) in [6.07, 6.45) is 31.4. The van der Waals surface area contributed by atoms with Gasteiger partial charge in [0.1, 0.15) is 5.75 Å². The summed E-state index contributed by atoms with van der Waals surface area (Å²) in [6, 6.07) is 11.5. The van der Waals surface area contributed by atoms with Crippen LogP contribution in [0.4, 0.5) is 0 Å². The largest absolute Gasteiger partial charge is 0.426 e. The normalized spacial score (nSPS) is 13.6. The van der Waals surface area contributed by atoms with Crippen LogP contribution >= 0.6 is 0 Å². The molecule has 0 spiro atoms. The van der Waals surface area contributed by atoms with E-state index in [1.807, 2.05) is 31.2 Å². The molecular formula is C49H69O2. The Morgan fingerprint density at radius 1 is 0.588 bits per heavy atom. The molecule has 0 unspecified atom stereocenters. The molecule has 0 aliphatic rings. The van der Waals surface area contributed by atoms with Crippen LogP contribution in [0.15, 0.2) is 106 Å². The van der Waals surface area contributed by atoms with Crippen LogP contribution in [0, 0.1) is 13.0 Å². The Morgan fingerprint density at radius 2 is 0.980 bits per heavy atom. The van der Waals surface area contributed by atoms with Gasteiger partial charge in [-0.2, -0.15) is 0 Å². The summed E-state index contributed by atoms with van der Waals surface area (Å²) < 4.78 is 5.86. The smallest absolute Gasteiger partial charge is 0.310 e. The second-order valence-electron chi connectivity index (χ2n) is 15.0. The van der Waals surface area contributed by atoms with Crippen molar-refractivity contribution in [3.8, 4) is 5.75 Å². The van der Waals surface area contributed by atoms with Crippen LogP contribution in [0.5, 0.6) is 5.75 Å². The van der Waals surface area contributed by atoms with E-state index < -0.39 is 0 Å². The fourth-order valence-corrected chi connectivity index (χ4v) is 6.16. The van der Waals surface area contributed by atoms with Crippen LogP contribution in [0.3, 0.4) is 0 Å². The predicted molar refractivity (Wildman–Crippen MR) is 225 cm³/mol. The minimum atomic E-state index is -0.203. The molecule has 0 aromatic heterocycles. The molecular weight excluding hydrogens is 621 g/mol. The Morgan fingerprint density at radius 3 is 1.39 bits per heavy atom. The SMILES string of the molecule is CCC(=O)Oc1c(C/C=C(\C)CC/C=C(\C)CC/C=C(\C)CC/C=C(\C)CC/C=C(\C)CC/C=C(\C)CCC=C(C)C)c(C)[c]c2ccccc12. The van der Waals surface area contributed by atoms with E-state index in [0.717, 1.165) is 92.5 Å². The molecule has 0 bridgehead atoms. The summed E-state index contributed by atoms with van der Waals surface area (Å²) >= 11 is 0. The van der Waals surface area contributed by atoms with Gasteiger partial charge in [-0.1, -0.05) is 113 Å². The molecule has 0 N–H and O–H groups in total. The van der Waals surface area contributed by atoms with Crippen LogP contribution in [0.25, 0.3) is 10.8 Å². The number of allylic oxidation sites excluding steroid dienone is 14. The molecule has 0 heterocycles. The lowest BCUT2D eigenvalue weighted by atomic mass is 9.96. The van der Waals surface area contributed by atoms with E-state index in [1.165, 1.54) is 51.9 Å². The number of benzene rings is 2. The molecule has 277 valence electrons. The van der Waals surface area contributed by atoms with Crippen molar-refractivity contribution in [1.29, 1.82) is 0 Å². The van der Waals surface area contributed by atoms with E-state index in [1.54, 1.807) is 0 Å². The predicted octanol–water partition coefficient (Wildman–Crippen LogP) is 15.1. The van der Waals surface area contributed by atoms with Crippen molar-refractivity contribution >= 4 is 16.7 Å². The van der Waals surface area contributed by atoms with Gasteiger partial charge in [0, 0.05) is 17.4 Å². The summed E-state index contributed by atoms with van der Waals surface area (Å²) in [5.41, 5.74) is 12.4. The number of rotatable bonds is 22. The molecule has 1 radical (unpaired) electrons. The van der Waals surface area contributed by atoms with Gasteiger partial charge in [-0.25, -0.2) is 0 Å². The first-order valence-electron chi connectivity index (χ1n) is 19.6. The molecule has 51 heavy (non-hydrogen) atoms. The van der Waals surface area contributed by atoms with Crippen molar-refractivity contribution in [3.05, 3.63) is 123 Å². The highest BCUT2D eigenvalue weighted by molar-refractivity contribution is 5.92. The summed E-state index contributed by atoms with van der Waals surface area (Å²) in [5, 5.41) is 1.93. The lowest BCUT2D eigenvalue weighted by molar-refractivity contribution is -0.133. The zero-order valence-corrected chi connectivity index (χ0v) is 34.1.